The molecule has 0 fully saturated rings. The van der Waals surface area contributed by atoms with Gasteiger partial charge in [-0.25, -0.2) is 9.48 Å². The molecule has 0 unspecified atom stereocenters. The Balaban J connectivity index is 2.06. The molecule has 26 heavy (non-hydrogen) atoms. The highest BCUT2D eigenvalue weighted by Crippen LogP contribution is 2.30. The molecule has 1 aromatic heterocycles. The van der Waals surface area contributed by atoms with E-state index in [0.29, 0.717) is 11.1 Å². The highest BCUT2D eigenvalue weighted by molar-refractivity contribution is 5.92. The SMILES string of the molecule is Cc1cccc(-c2c(C(=O)O)nnn2Cc2cccc(C(F)(F)F)c2)c1. The van der Waals surface area contributed by atoms with Crippen molar-refractivity contribution in [1.82, 2.24) is 15.0 Å². The van der Waals surface area contributed by atoms with Crippen LogP contribution in [0.5, 0.6) is 0 Å². The topological polar surface area (TPSA) is 68.0 Å². The van der Waals surface area contributed by atoms with Gasteiger partial charge in [-0.2, -0.15) is 13.2 Å². The number of carboxylic acids is 1. The van der Waals surface area contributed by atoms with Gasteiger partial charge in [0.1, 0.15) is 5.69 Å². The van der Waals surface area contributed by atoms with Crippen molar-refractivity contribution in [2.45, 2.75) is 19.6 Å². The van der Waals surface area contributed by atoms with Gasteiger partial charge < -0.3 is 5.11 Å². The van der Waals surface area contributed by atoms with Crippen molar-refractivity contribution < 1.29 is 23.1 Å². The Morgan fingerprint density at radius 3 is 2.54 bits per heavy atom. The zero-order chi connectivity index (χ0) is 18.9. The summed E-state index contributed by atoms with van der Waals surface area (Å²) in [4.78, 5) is 11.5. The molecule has 134 valence electrons. The first kappa shape index (κ1) is 17.7. The van der Waals surface area contributed by atoms with Gasteiger partial charge in [0.15, 0.2) is 5.69 Å². The van der Waals surface area contributed by atoms with Crippen LogP contribution in [0.3, 0.4) is 0 Å². The third-order valence-electron chi connectivity index (χ3n) is 3.82. The molecule has 1 heterocycles. The van der Waals surface area contributed by atoms with Gasteiger partial charge in [-0.15, -0.1) is 5.10 Å². The zero-order valence-corrected chi connectivity index (χ0v) is 13.7. The largest absolute Gasteiger partial charge is 0.476 e. The summed E-state index contributed by atoms with van der Waals surface area (Å²) in [6.07, 6.45) is -4.45. The number of rotatable bonds is 4. The molecule has 0 radical (unpaired) electrons. The van der Waals surface area contributed by atoms with Crippen LogP contribution in [0.1, 0.15) is 27.2 Å². The number of nitrogens with zero attached hydrogens (tertiary/aromatic N) is 3. The van der Waals surface area contributed by atoms with Gasteiger partial charge in [0.2, 0.25) is 0 Å². The smallest absolute Gasteiger partial charge is 0.416 e. The first-order valence-electron chi connectivity index (χ1n) is 7.65. The van der Waals surface area contributed by atoms with Crippen molar-refractivity contribution in [2.24, 2.45) is 0 Å². The summed E-state index contributed by atoms with van der Waals surface area (Å²) in [5.74, 6) is -1.25. The molecule has 0 amide bonds. The van der Waals surface area contributed by atoms with Gasteiger partial charge in [-0.3, -0.25) is 0 Å². The number of benzene rings is 2. The Kier molecular flexibility index (Phi) is 4.50. The van der Waals surface area contributed by atoms with Crippen molar-refractivity contribution in [1.29, 1.82) is 0 Å². The first-order chi connectivity index (χ1) is 12.3. The molecule has 0 saturated heterocycles. The monoisotopic (exact) mass is 361 g/mol. The lowest BCUT2D eigenvalue weighted by molar-refractivity contribution is -0.137. The van der Waals surface area contributed by atoms with E-state index in [-0.39, 0.29) is 17.9 Å². The summed E-state index contributed by atoms with van der Waals surface area (Å²) in [5, 5.41) is 16.9. The summed E-state index contributed by atoms with van der Waals surface area (Å²) in [7, 11) is 0. The molecule has 3 aromatic rings. The molecule has 2 aromatic carbocycles. The van der Waals surface area contributed by atoms with E-state index >= 15 is 0 Å². The van der Waals surface area contributed by atoms with E-state index in [9.17, 15) is 23.1 Å². The van der Waals surface area contributed by atoms with E-state index in [1.807, 2.05) is 13.0 Å². The van der Waals surface area contributed by atoms with Gasteiger partial charge in [-0.05, 0) is 30.7 Å². The molecule has 0 aliphatic heterocycles. The fraction of sp³-hybridized carbons (Fsp3) is 0.167. The number of carbonyl (C=O) groups is 1. The summed E-state index contributed by atoms with van der Waals surface area (Å²) < 4.78 is 40.0. The summed E-state index contributed by atoms with van der Waals surface area (Å²) in [6, 6.07) is 11.9. The van der Waals surface area contributed by atoms with Crippen molar-refractivity contribution in [3.05, 3.63) is 70.9 Å². The number of aryl methyl sites for hydroxylation is 1. The number of aromatic nitrogens is 3. The van der Waals surface area contributed by atoms with Crippen LogP contribution < -0.4 is 0 Å². The second-order valence-electron chi connectivity index (χ2n) is 5.82. The maximum Gasteiger partial charge on any atom is 0.416 e. The van der Waals surface area contributed by atoms with Crippen LogP contribution in [0.15, 0.2) is 48.5 Å². The lowest BCUT2D eigenvalue weighted by Gasteiger charge is -2.11. The molecule has 1 N–H and O–H groups in total. The molecule has 0 spiro atoms. The number of hydrogen-bond acceptors (Lipinski definition) is 3. The highest BCUT2D eigenvalue weighted by atomic mass is 19.4. The van der Waals surface area contributed by atoms with E-state index in [4.69, 9.17) is 0 Å². The van der Waals surface area contributed by atoms with Crippen molar-refractivity contribution in [3.8, 4) is 11.3 Å². The number of aromatic carboxylic acids is 1. The van der Waals surface area contributed by atoms with Crippen molar-refractivity contribution in [2.75, 3.05) is 0 Å². The van der Waals surface area contributed by atoms with E-state index in [1.165, 1.54) is 16.8 Å². The molecule has 8 heteroatoms. The van der Waals surface area contributed by atoms with E-state index in [1.54, 1.807) is 18.2 Å². The van der Waals surface area contributed by atoms with Gasteiger partial charge in [0, 0.05) is 5.56 Å². The van der Waals surface area contributed by atoms with E-state index < -0.39 is 17.7 Å². The Morgan fingerprint density at radius 2 is 1.88 bits per heavy atom. The van der Waals surface area contributed by atoms with E-state index in [2.05, 4.69) is 10.3 Å². The predicted molar refractivity (Wildman–Crippen MR) is 87.7 cm³/mol. The Hall–Kier alpha value is -3.16. The average Bonchev–Trinajstić information content (AvgIpc) is 2.98. The fourth-order valence-corrected chi connectivity index (χ4v) is 2.66. The van der Waals surface area contributed by atoms with Crippen molar-refractivity contribution >= 4 is 5.97 Å². The van der Waals surface area contributed by atoms with Crippen LogP contribution in [-0.2, 0) is 12.7 Å². The Morgan fingerprint density at radius 1 is 1.15 bits per heavy atom. The van der Waals surface area contributed by atoms with Crippen LogP contribution in [0, 0.1) is 6.92 Å². The van der Waals surface area contributed by atoms with Crippen LogP contribution in [0.4, 0.5) is 13.2 Å². The second-order valence-corrected chi connectivity index (χ2v) is 5.82. The third kappa shape index (κ3) is 3.58. The maximum absolute atomic E-state index is 12.9. The molecule has 0 aliphatic rings. The van der Waals surface area contributed by atoms with Gasteiger partial charge in [-0.1, -0.05) is 41.1 Å². The number of alkyl halides is 3. The van der Waals surface area contributed by atoms with Gasteiger partial charge >= 0.3 is 12.1 Å². The lowest BCUT2D eigenvalue weighted by Crippen LogP contribution is -2.09. The number of hydrogen-bond donors (Lipinski definition) is 1. The van der Waals surface area contributed by atoms with Crippen LogP contribution >= 0.6 is 0 Å². The van der Waals surface area contributed by atoms with Crippen LogP contribution in [0.25, 0.3) is 11.3 Å². The third-order valence-corrected chi connectivity index (χ3v) is 3.82. The Labute approximate surface area is 146 Å². The molecule has 0 aliphatic carbocycles. The highest BCUT2D eigenvalue weighted by Gasteiger charge is 2.30. The summed E-state index contributed by atoms with van der Waals surface area (Å²) in [5.41, 5.74) is 1.06. The minimum atomic E-state index is -4.45. The summed E-state index contributed by atoms with van der Waals surface area (Å²) in [6.45, 7) is 1.82. The molecule has 3 rings (SSSR count). The standard InChI is InChI=1S/C18H14F3N3O2/c1-11-4-2-6-13(8-11)16-15(17(25)26)22-23-24(16)10-12-5-3-7-14(9-12)18(19,20)21/h2-9H,10H2,1H3,(H,25,26). The van der Waals surface area contributed by atoms with Gasteiger partial charge in [0.25, 0.3) is 0 Å². The second kappa shape index (κ2) is 6.62. The molecule has 0 bridgehead atoms. The number of carboxylic acid groups (broad SMARTS) is 1. The molecular weight excluding hydrogens is 347 g/mol. The maximum atomic E-state index is 12.9. The van der Waals surface area contributed by atoms with Crippen LogP contribution in [0.2, 0.25) is 0 Å². The summed E-state index contributed by atoms with van der Waals surface area (Å²) >= 11 is 0. The predicted octanol–water partition coefficient (Wildman–Crippen LogP) is 4.02. The molecular formula is C18H14F3N3O2. The van der Waals surface area contributed by atoms with Crippen LogP contribution in [-0.4, -0.2) is 26.1 Å². The minimum Gasteiger partial charge on any atom is -0.476 e. The van der Waals surface area contributed by atoms with Gasteiger partial charge in [0.05, 0.1) is 12.1 Å². The molecule has 0 saturated carbocycles. The van der Waals surface area contributed by atoms with E-state index in [0.717, 1.165) is 17.7 Å². The molecule has 0 atom stereocenters. The lowest BCUT2D eigenvalue weighted by atomic mass is 10.1. The fourth-order valence-electron chi connectivity index (χ4n) is 2.66. The zero-order valence-electron chi connectivity index (χ0n) is 13.7. The molecule has 5 nitrogen and oxygen atoms in total. The quantitative estimate of drug-likeness (QED) is 0.762. The minimum absolute atomic E-state index is 0.0343. The first-order valence-corrected chi connectivity index (χ1v) is 7.65. The van der Waals surface area contributed by atoms with Crippen molar-refractivity contribution in [3.63, 3.8) is 0 Å². The average molecular weight is 361 g/mol. The normalized spacial score (nSPS) is 11.5. The number of halogens is 3. The Bertz CT molecular complexity index is 964.